The minimum Gasteiger partial charge on any atom is -0.399 e. The summed E-state index contributed by atoms with van der Waals surface area (Å²) in [6, 6.07) is 30.7. The fraction of sp³-hybridized carbons (Fsp3) is 0.0667. The Morgan fingerprint density at radius 1 is 0.774 bits per heavy atom. The molecule has 4 aromatic rings. The van der Waals surface area contributed by atoms with Crippen LogP contribution in [0.4, 0.5) is 0 Å². The first-order chi connectivity index (χ1) is 15.2. The molecule has 31 heavy (non-hydrogen) atoms. The predicted molar refractivity (Wildman–Crippen MR) is 131 cm³/mol. The summed E-state index contributed by atoms with van der Waals surface area (Å²) in [4.78, 5) is 0. The summed E-state index contributed by atoms with van der Waals surface area (Å²) < 4.78 is 0. The quantitative estimate of drug-likeness (QED) is 0.369. The van der Waals surface area contributed by atoms with Crippen LogP contribution in [0, 0.1) is 0 Å². The summed E-state index contributed by atoms with van der Waals surface area (Å²) in [6.07, 6.45) is 4.09. The van der Waals surface area contributed by atoms with Crippen molar-refractivity contribution in [1.29, 1.82) is 0 Å². The highest BCUT2D eigenvalue weighted by atomic mass is 14.6. The van der Waals surface area contributed by atoms with Crippen LogP contribution in [0.1, 0.15) is 29.2 Å². The van der Waals surface area contributed by atoms with Gasteiger partial charge in [0.15, 0.2) is 0 Å². The van der Waals surface area contributed by atoms with E-state index in [1.807, 2.05) is 13.0 Å². The van der Waals surface area contributed by atoms with Crippen LogP contribution in [0.25, 0.3) is 27.5 Å². The molecule has 1 nitrogen and oxygen atoms in total. The van der Waals surface area contributed by atoms with Crippen molar-refractivity contribution in [2.45, 2.75) is 12.3 Å². The summed E-state index contributed by atoms with van der Waals surface area (Å²) in [7, 11) is 0. The van der Waals surface area contributed by atoms with Gasteiger partial charge < -0.3 is 5.73 Å². The van der Waals surface area contributed by atoms with Gasteiger partial charge in [0.25, 0.3) is 0 Å². The minimum atomic E-state index is -0.405. The van der Waals surface area contributed by atoms with Crippen LogP contribution in [-0.4, -0.2) is 0 Å². The lowest BCUT2D eigenvalue weighted by Crippen LogP contribution is -2.26. The average Bonchev–Trinajstić information content (AvgIpc) is 3.26. The van der Waals surface area contributed by atoms with Gasteiger partial charge in [-0.15, -0.1) is 0 Å². The van der Waals surface area contributed by atoms with Gasteiger partial charge in [0.2, 0.25) is 0 Å². The van der Waals surface area contributed by atoms with Crippen molar-refractivity contribution in [1.82, 2.24) is 0 Å². The minimum absolute atomic E-state index is 0.405. The maximum atomic E-state index is 6.37. The Bertz CT molecular complexity index is 1470. The molecule has 0 amide bonds. The standard InChI is InChI=1S/C30H23N/c1-3-21(31)18-28-19(2)22-11-6-8-14-25(22)30(28)26-15-9-7-13-24(26)29-23-12-5-4-10-20(23)16-17-27(29)30/h3-18H,2,31H2,1H3/b21-3+,28-18+. The van der Waals surface area contributed by atoms with E-state index in [0.717, 1.165) is 11.3 Å². The smallest absolute Gasteiger partial charge is 0.0726 e. The monoisotopic (exact) mass is 397 g/mol. The van der Waals surface area contributed by atoms with E-state index < -0.39 is 5.41 Å². The van der Waals surface area contributed by atoms with Crippen LogP contribution in [0.5, 0.6) is 0 Å². The van der Waals surface area contributed by atoms with E-state index in [0.29, 0.717) is 0 Å². The second-order valence-corrected chi connectivity index (χ2v) is 8.38. The van der Waals surface area contributed by atoms with Crippen molar-refractivity contribution in [3.05, 3.63) is 137 Å². The first-order valence-electron chi connectivity index (χ1n) is 10.7. The highest BCUT2D eigenvalue weighted by molar-refractivity contribution is 6.07. The number of nitrogens with two attached hydrogens (primary N) is 1. The fourth-order valence-corrected chi connectivity index (χ4v) is 5.66. The molecule has 148 valence electrons. The van der Waals surface area contributed by atoms with Gasteiger partial charge in [0, 0.05) is 5.70 Å². The Labute approximate surface area is 182 Å². The molecule has 1 atom stereocenters. The van der Waals surface area contributed by atoms with Crippen LogP contribution >= 0.6 is 0 Å². The summed E-state index contributed by atoms with van der Waals surface area (Å²) >= 11 is 0. The van der Waals surface area contributed by atoms with Crippen molar-refractivity contribution < 1.29 is 0 Å². The Morgan fingerprint density at radius 2 is 1.42 bits per heavy atom. The van der Waals surface area contributed by atoms with Gasteiger partial charge in [-0.25, -0.2) is 0 Å². The molecule has 2 aliphatic rings. The number of allylic oxidation sites excluding steroid dienone is 4. The van der Waals surface area contributed by atoms with Crippen LogP contribution in [0.3, 0.4) is 0 Å². The molecule has 1 heteroatoms. The van der Waals surface area contributed by atoms with Crippen molar-refractivity contribution in [3.8, 4) is 11.1 Å². The second kappa shape index (κ2) is 6.33. The molecule has 1 unspecified atom stereocenters. The highest BCUT2D eigenvalue weighted by Crippen LogP contribution is 2.64. The molecule has 2 aliphatic carbocycles. The Balaban J connectivity index is 1.85. The molecule has 2 N–H and O–H groups in total. The normalized spacial score (nSPS) is 20.4. The molecule has 0 saturated carbocycles. The third-order valence-electron chi connectivity index (χ3n) is 6.96. The lowest BCUT2D eigenvalue weighted by molar-refractivity contribution is 0.794. The van der Waals surface area contributed by atoms with Crippen LogP contribution in [0.2, 0.25) is 0 Å². The predicted octanol–water partition coefficient (Wildman–Crippen LogP) is 6.97. The Hall–Kier alpha value is -3.84. The van der Waals surface area contributed by atoms with Crippen LogP contribution in [0.15, 0.2) is 115 Å². The molecule has 0 radical (unpaired) electrons. The van der Waals surface area contributed by atoms with Crippen molar-refractivity contribution in [3.63, 3.8) is 0 Å². The van der Waals surface area contributed by atoms with E-state index in [4.69, 9.17) is 5.73 Å². The molecule has 0 saturated heterocycles. The van der Waals surface area contributed by atoms with Crippen LogP contribution < -0.4 is 5.73 Å². The van der Waals surface area contributed by atoms with E-state index in [1.54, 1.807) is 0 Å². The number of benzene rings is 4. The topological polar surface area (TPSA) is 26.0 Å². The average molecular weight is 398 g/mol. The van der Waals surface area contributed by atoms with Gasteiger partial charge in [-0.3, -0.25) is 0 Å². The summed E-state index contributed by atoms with van der Waals surface area (Å²) in [5.74, 6) is 0. The van der Waals surface area contributed by atoms with Crippen molar-refractivity contribution >= 4 is 16.3 Å². The third kappa shape index (κ3) is 2.16. The SMILES string of the molecule is C=C1/C(=C\C(N)=C/C)C2(c3ccccc31)c1ccccc1-c1c2ccc2ccccc12. The fourth-order valence-electron chi connectivity index (χ4n) is 5.66. The zero-order valence-electron chi connectivity index (χ0n) is 17.5. The second-order valence-electron chi connectivity index (χ2n) is 8.38. The molecule has 0 fully saturated rings. The summed E-state index contributed by atoms with van der Waals surface area (Å²) in [5, 5.41) is 2.55. The number of hydrogen-bond acceptors (Lipinski definition) is 1. The first kappa shape index (κ1) is 18.0. The zero-order valence-corrected chi connectivity index (χ0v) is 17.5. The molecule has 0 bridgehead atoms. The third-order valence-corrected chi connectivity index (χ3v) is 6.96. The molecule has 0 aliphatic heterocycles. The van der Waals surface area contributed by atoms with Gasteiger partial charge in [0.05, 0.1) is 5.41 Å². The molecular formula is C30H23N. The van der Waals surface area contributed by atoms with Gasteiger partial charge in [0.1, 0.15) is 0 Å². The van der Waals surface area contributed by atoms with Gasteiger partial charge in [-0.05, 0) is 68.3 Å². The largest absolute Gasteiger partial charge is 0.399 e. The molecule has 4 aromatic carbocycles. The molecule has 0 aromatic heterocycles. The number of rotatable bonds is 1. The van der Waals surface area contributed by atoms with E-state index in [9.17, 15) is 0 Å². The van der Waals surface area contributed by atoms with Crippen molar-refractivity contribution in [2.24, 2.45) is 5.73 Å². The highest BCUT2D eigenvalue weighted by Gasteiger charge is 2.53. The number of fused-ring (bicyclic) bond motifs is 9. The maximum absolute atomic E-state index is 6.37. The molecule has 6 rings (SSSR count). The van der Waals surface area contributed by atoms with Gasteiger partial charge in [-0.2, -0.15) is 0 Å². The van der Waals surface area contributed by atoms with Crippen LogP contribution in [-0.2, 0) is 5.41 Å². The first-order valence-corrected chi connectivity index (χ1v) is 10.7. The zero-order chi connectivity index (χ0) is 21.2. The molecular weight excluding hydrogens is 374 g/mol. The Kier molecular flexibility index (Phi) is 3.67. The summed E-state index contributed by atoms with van der Waals surface area (Å²) in [5.41, 5.74) is 16.7. The molecule has 0 heterocycles. The molecule has 1 spiro atoms. The van der Waals surface area contributed by atoms with E-state index in [-0.39, 0.29) is 0 Å². The van der Waals surface area contributed by atoms with Gasteiger partial charge in [-0.1, -0.05) is 97.6 Å². The Morgan fingerprint density at radius 3 is 2.19 bits per heavy atom. The lowest BCUT2D eigenvalue weighted by atomic mass is 9.70. The summed E-state index contributed by atoms with van der Waals surface area (Å²) in [6.45, 7) is 6.52. The van der Waals surface area contributed by atoms with E-state index in [2.05, 4.69) is 97.6 Å². The number of hydrogen-bond donors (Lipinski definition) is 1. The lowest BCUT2D eigenvalue weighted by Gasteiger charge is -2.31. The van der Waals surface area contributed by atoms with Crippen molar-refractivity contribution in [2.75, 3.05) is 0 Å². The maximum Gasteiger partial charge on any atom is 0.0726 e. The van der Waals surface area contributed by atoms with E-state index >= 15 is 0 Å². The van der Waals surface area contributed by atoms with Gasteiger partial charge >= 0.3 is 0 Å². The van der Waals surface area contributed by atoms with E-state index in [1.165, 1.54) is 49.7 Å².